The van der Waals surface area contributed by atoms with Crippen molar-refractivity contribution in [2.75, 3.05) is 13.7 Å². The van der Waals surface area contributed by atoms with Gasteiger partial charge in [-0.15, -0.1) is 0 Å². The van der Waals surface area contributed by atoms with Gasteiger partial charge in [-0.2, -0.15) is 13.2 Å². The number of carbonyl (C=O) groups is 1. The second-order valence-electron chi connectivity index (χ2n) is 7.41. The average molecular weight is 564 g/mol. The molecule has 2 heterocycles. The van der Waals surface area contributed by atoms with Gasteiger partial charge in [-0.3, -0.25) is 9.36 Å². The van der Waals surface area contributed by atoms with Crippen LogP contribution in [0.25, 0.3) is 5.69 Å². The van der Waals surface area contributed by atoms with Crippen LogP contribution < -0.4 is 16.0 Å². The van der Waals surface area contributed by atoms with Crippen LogP contribution in [0, 0.1) is 5.82 Å². The molecule has 15 heteroatoms. The summed E-state index contributed by atoms with van der Waals surface area (Å²) < 4.78 is 65.1. The zero-order chi connectivity index (χ0) is 27.5. The Kier molecular flexibility index (Phi) is 8.66. The Labute approximate surface area is 215 Å². The van der Waals surface area contributed by atoms with E-state index in [1.165, 1.54) is 25.4 Å². The fraction of sp³-hybridized carbons (Fsp3) is 0.273. The Hall–Kier alpha value is -3.36. The number of aliphatic carboxylic acids is 1. The second-order valence-corrected chi connectivity index (χ2v) is 8.90. The fourth-order valence-corrected chi connectivity index (χ4v) is 4.31. The maximum absolute atomic E-state index is 14.8. The van der Waals surface area contributed by atoms with Crippen molar-refractivity contribution in [2.24, 2.45) is 7.05 Å². The molecule has 0 fully saturated rings. The first-order chi connectivity index (χ1) is 17.3. The third-order valence-electron chi connectivity index (χ3n) is 4.92. The number of carboxylic acid groups (broad SMARTS) is 1. The van der Waals surface area contributed by atoms with Gasteiger partial charge in [0.05, 0.1) is 22.2 Å². The molecule has 0 bridgehead atoms. The highest BCUT2D eigenvalue weighted by Crippen LogP contribution is 2.39. The SMILES string of the molecule is COCCC(Oc1ncccc1Sc1cc(-n2c(=O)cc(C(F)(F)F)n(C)c2=O)c(F)cc1Cl)C(=O)O. The molecule has 0 saturated heterocycles. The van der Waals surface area contributed by atoms with E-state index < -0.39 is 46.7 Å². The number of hydrogen-bond acceptors (Lipinski definition) is 7. The van der Waals surface area contributed by atoms with E-state index in [0.717, 1.165) is 30.9 Å². The molecule has 1 aromatic carbocycles. The minimum absolute atomic E-state index is 0.00804. The van der Waals surface area contributed by atoms with Crippen molar-refractivity contribution in [3.8, 4) is 11.6 Å². The minimum Gasteiger partial charge on any atom is -0.479 e. The molecule has 0 spiro atoms. The Morgan fingerprint density at radius 3 is 2.57 bits per heavy atom. The molecule has 1 N–H and O–H groups in total. The predicted molar refractivity (Wildman–Crippen MR) is 124 cm³/mol. The first-order valence-electron chi connectivity index (χ1n) is 10.3. The molecule has 1 atom stereocenters. The molecule has 3 rings (SSSR count). The summed E-state index contributed by atoms with van der Waals surface area (Å²) in [7, 11) is 2.19. The number of ether oxygens (including phenoxy) is 2. The highest BCUT2D eigenvalue weighted by Gasteiger charge is 2.35. The van der Waals surface area contributed by atoms with Crippen molar-refractivity contribution in [1.82, 2.24) is 14.1 Å². The molecule has 37 heavy (non-hydrogen) atoms. The lowest BCUT2D eigenvalue weighted by Crippen LogP contribution is -2.41. The molecule has 3 aromatic rings. The number of rotatable bonds is 9. The number of benzene rings is 1. The van der Waals surface area contributed by atoms with Crippen LogP contribution in [0.15, 0.2) is 55.9 Å². The number of pyridine rings is 1. The molecule has 0 aliphatic rings. The molecule has 1 unspecified atom stereocenters. The van der Waals surface area contributed by atoms with Crippen LogP contribution in [0.3, 0.4) is 0 Å². The van der Waals surface area contributed by atoms with E-state index in [1.807, 2.05) is 0 Å². The lowest BCUT2D eigenvalue weighted by molar-refractivity contribution is -0.146. The molecule has 0 radical (unpaired) electrons. The van der Waals surface area contributed by atoms with E-state index in [4.69, 9.17) is 21.1 Å². The maximum atomic E-state index is 14.8. The van der Waals surface area contributed by atoms with Gasteiger partial charge in [0, 0.05) is 37.7 Å². The molecule has 0 aliphatic carbocycles. The summed E-state index contributed by atoms with van der Waals surface area (Å²) in [6.45, 7) is 0.0935. The van der Waals surface area contributed by atoms with Crippen LogP contribution in [-0.4, -0.2) is 45.0 Å². The van der Waals surface area contributed by atoms with E-state index >= 15 is 0 Å². The van der Waals surface area contributed by atoms with E-state index in [2.05, 4.69) is 4.98 Å². The summed E-state index contributed by atoms with van der Waals surface area (Å²) in [6, 6.07) is 4.99. The molecular formula is C22H18ClF4N3O6S. The summed E-state index contributed by atoms with van der Waals surface area (Å²) in [5.74, 6) is -2.50. The highest BCUT2D eigenvalue weighted by atomic mass is 35.5. The van der Waals surface area contributed by atoms with Crippen molar-refractivity contribution in [3.05, 3.63) is 73.9 Å². The summed E-state index contributed by atoms with van der Waals surface area (Å²) >= 11 is 7.00. The van der Waals surface area contributed by atoms with E-state index in [0.29, 0.717) is 0 Å². The minimum atomic E-state index is -4.99. The van der Waals surface area contributed by atoms with Gasteiger partial charge in [0.2, 0.25) is 5.88 Å². The van der Waals surface area contributed by atoms with Gasteiger partial charge in [0.15, 0.2) is 6.10 Å². The molecular weight excluding hydrogens is 546 g/mol. The van der Waals surface area contributed by atoms with Gasteiger partial charge in [0.1, 0.15) is 11.5 Å². The molecule has 2 aromatic heterocycles. The third kappa shape index (κ3) is 6.32. The summed E-state index contributed by atoms with van der Waals surface area (Å²) in [6.07, 6.45) is -4.94. The standard InChI is InChI=1S/C22H18ClF4N3O6S/c1-29-17(22(25,26)27)10-18(31)30(21(29)34)13-9-16(11(23)8-12(13)24)37-15-4-3-6-28-19(15)36-14(20(32)33)5-7-35-2/h3-4,6,8-10,14H,5,7H2,1-2H3,(H,32,33). The first kappa shape index (κ1) is 28.2. The number of methoxy groups -OCH3 is 1. The molecule has 0 aliphatic heterocycles. The number of halogens is 5. The summed E-state index contributed by atoms with van der Waals surface area (Å²) in [5.41, 5.74) is -4.97. The zero-order valence-electron chi connectivity index (χ0n) is 19.1. The van der Waals surface area contributed by atoms with Crippen LogP contribution >= 0.6 is 23.4 Å². The fourth-order valence-electron chi connectivity index (χ4n) is 3.14. The van der Waals surface area contributed by atoms with Crippen molar-refractivity contribution in [1.29, 1.82) is 0 Å². The number of hydrogen-bond donors (Lipinski definition) is 1. The average Bonchev–Trinajstić information content (AvgIpc) is 2.81. The largest absolute Gasteiger partial charge is 0.479 e. The molecule has 0 saturated carbocycles. The van der Waals surface area contributed by atoms with Gasteiger partial charge < -0.3 is 14.6 Å². The first-order valence-corrected chi connectivity index (χ1v) is 11.5. The van der Waals surface area contributed by atoms with Gasteiger partial charge in [-0.1, -0.05) is 23.4 Å². The second kappa shape index (κ2) is 11.4. The van der Waals surface area contributed by atoms with Crippen LogP contribution in [0.2, 0.25) is 5.02 Å². The third-order valence-corrected chi connectivity index (χ3v) is 6.44. The van der Waals surface area contributed by atoms with Crippen molar-refractivity contribution in [3.63, 3.8) is 0 Å². The normalized spacial score (nSPS) is 12.4. The van der Waals surface area contributed by atoms with Crippen LogP contribution in [0.5, 0.6) is 5.88 Å². The van der Waals surface area contributed by atoms with E-state index in [9.17, 15) is 37.1 Å². The Bertz CT molecular complexity index is 1440. The number of nitrogens with zero attached hydrogens (tertiary/aromatic N) is 3. The summed E-state index contributed by atoms with van der Waals surface area (Å²) in [5, 5.41) is 9.25. The van der Waals surface area contributed by atoms with Crippen molar-refractivity contribution >= 4 is 29.3 Å². The van der Waals surface area contributed by atoms with Gasteiger partial charge in [0.25, 0.3) is 5.56 Å². The molecule has 0 amide bonds. The van der Waals surface area contributed by atoms with E-state index in [-0.39, 0.29) is 48.9 Å². The topological polar surface area (TPSA) is 113 Å². The molecule has 198 valence electrons. The van der Waals surface area contributed by atoms with Crippen LogP contribution in [0.1, 0.15) is 12.1 Å². The molecule has 9 nitrogen and oxygen atoms in total. The van der Waals surface area contributed by atoms with Crippen molar-refractivity contribution in [2.45, 2.75) is 28.5 Å². The number of alkyl halides is 3. The van der Waals surface area contributed by atoms with Crippen molar-refractivity contribution < 1.29 is 36.9 Å². The Morgan fingerprint density at radius 1 is 1.24 bits per heavy atom. The number of carboxylic acids is 1. The van der Waals surface area contributed by atoms with Gasteiger partial charge in [-0.25, -0.2) is 23.5 Å². The lowest BCUT2D eigenvalue weighted by Gasteiger charge is -2.17. The van der Waals surface area contributed by atoms with Crippen LogP contribution in [0.4, 0.5) is 17.6 Å². The van der Waals surface area contributed by atoms with Gasteiger partial charge in [-0.05, 0) is 24.3 Å². The smallest absolute Gasteiger partial charge is 0.431 e. The summed E-state index contributed by atoms with van der Waals surface area (Å²) in [4.78, 5) is 40.9. The zero-order valence-corrected chi connectivity index (χ0v) is 20.7. The lowest BCUT2D eigenvalue weighted by atomic mass is 10.2. The monoisotopic (exact) mass is 563 g/mol. The predicted octanol–water partition coefficient (Wildman–Crippen LogP) is 3.76. The highest BCUT2D eigenvalue weighted by molar-refractivity contribution is 7.99. The number of aromatic nitrogens is 3. The Balaban J connectivity index is 2.07. The van der Waals surface area contributed by atoms with Crippen LogP contribution in [-0.2, 0) is 22.8 Å². The van der Waals surface area contributed by atoms with E-state index in [1.54, 1.807) is 0 Å². The van der Waals surface area contributed by atoms with Gasteiger partial charge >= 0.3 is 17.8 Å². The Morgan fingerprint density at radius 2 is 1.95 bits per heavy atom. The maximum Gasteiger partial charge on any atom is 0.431 e. The quantitative estimate of drug-likeness (QED) is 0.392.